The molecule has 184 valence electrons. The second-order valence-corrected chi connectivity index (χ2v) is 10.1. The quantitative estimate of drug-likeness (QED) is 0.148. The maximum atomic E-state index is 2.55. The number of hydrogen-bond donors (Lipinski definition) is 0. The molecule has 1 atom stereocenters. The molecule has 0 aromatic carbocycles. The van der Waals surface area contributed by atoms with Gasteiger partial charge < -0.3 is 9.80 Å². The topological polar surface area (TPSA) is 6.48 Å². The van der Waals surface area contributed by atoms with Crippen molar-refractivity contribution in [2.45, 2.75) is 162 Å². The van der Waals surface area contributed by atoms with Gasteiger partial charge in [0.25, 0.3) is 0 Å². The summed E-state index contributed by atoms with van der Waals surface area (Å²) >= 11 is 0. The summed E-state index contributed by atoms with van der Waals surface area (Å²) in [5.74, 6) is 0. The molecule has 2 nitrogen and oxygen atoms in total. The Kier molecular flexibility index (Phi) is 19.4. The summed E-state index contributed by atoms with van der Waals surface area (Å²) < 4.78 is 0. The zero-order valence-corrected chi connectivity index (χ0v) is 21.9. The Balaban J connectivity index is 1.82. The van der Waals surface area contributed by atoms with Crippen molar-refractivity contribution in [2.75, 3.05) is 13.1 Å². The van der Waals surface area contributed by atoms with Crippen LogP contribution in [0.15, 0.2) is 12.4 Å². The van der Waals surface area contributed by atoms with E-state index in [1.54, 1.807) is 0 Å². The van der Waals surface area contributed by atoms with Crippen LogP contribution in [0.2, 0.25) is 0 Å². The molecule has 0 aromatic rings. The van der Waals surface area contributed by atoms with Gasteiger partial charge in [-0.15, -0.1) is 0 Å². The van der Waals surface area contributed by atoms with Crippen molar-refractivity contribution in [1.82, 2.24) is 9.80 Å². The predicted octanol–water partition coefficient (Wildman–Crippen LogP) is 9.65. The van der Waals surface area contributed by atoms with Crippen molar-refractivity contribution in [3.63, 3.8) is 0 Å². The molecule has 1 aliphatic heterocycles. The second-order valence-electron chi connectivity index (χ2n) is 10.1. The highest BCUT2D eigenvalue weighted by Gasteiger charge is 2.20. The van der Waals surface area contributed by atoms with Gasteiger partial charge in [0.2, 0.25) is 0 Å². The van der Waals surface area contributed by atoms with Crippen molar-refractivity contribution in [3.05, 3.63) is 12.4 Å². The number of nitrogens with zero attached hydrogens (tertiary/aromatic N) is 2. The second kappa shape index (κ2) is 21.2. The molecular weight excluding hydrogens is 376 g/mol. The fraction of sp³-hybridized carbons (Fsp3) is 0.931. The molecule has 0 N–H and O–H groups in total. The van der Waals surface area contributed by atoms with E-state index in [1.807, 2.05) is 0 Å². The molecule has 1 heterocycles. The standard InChI is InChI=1S/C29H58N2/c1-4-6-8-10-11-12-13-14-15-16-17-18-19-20-22-24-26-31-28-27-30(29(31)3)25-23-21-9-7-5-2/h27-29H,4-26H2,1-3H3. The van der Waals surface area contributed by atoms with Gasteiger partial charge in [-0.05, 0) is 19.8 Å². The van der Waals surface area contributed by atoms with Crippen molar-refractivity contribution >= 4 is 0 Å². The minimum Gasteiger partial charge on any atom is -0.356 e. The summed E-state index contributed by atoms with van der Waals surface area (Å²) in [7, 11) is 0. The molecule has 31 heavy (non-hydrogen) atoms. The lowest BCUT2D eigenvalue weighted by molar-refractivity contribution is 0.165. The molecular formula is C29H58N2. The maximum absolute atomic E-state index is 2.55. The number of hydrogen-bond acceptors (Lipinski definition) is 2. The Bertz CT molecular complexity index is 392. The van der Waals surface area contributed by atoms with E-state index in [4.69, 9.17) is 0 Å². The molecule has 1 rings (SSSR count). The average Bonchev–Trinajstić information content (AvgIpc) is 3.12. The summed E-state index contributed by atoms with van der Waals surface area (Å²) in [6, 6.07) is 0. The summed E-state index contributed by atoms with van der Waals surface area (Å²) in [5, 5.41) is 0. The molecule has 0 spiro atoms. The van der Waals surface area contributed by atoms with Crippen molar-refractivity contribution in [1.29, 1.82) is 0 Å². The lowest BCUT2D eigenvalue weighted by Crippen LogP contribution is -2.36. The lowest BCUT2D eigenvalue weighted by Gasteiger charge is -2.30. The van der Waals surface area contributed by atoms with Gasteiger partial charge in [0.05, 0.1) is 6.17 Å². The third-order valence-electron chi connectivity index (χ3n) is 7.20. The summed E-state index contributed by atoms with van der Waals surface area (Å²) in [4.78, 5) is 5.09. The average molecular weight is 435 g/mol. The fourth-order valence-corrected chi connectivity index (χ4v) is 4.87. The maximum Gasteiger partial charge on any atom is 0.0977 e. The molecule has 0 aliphatic carbocycles. The van der Waals surface area contributed by atoms with Crippen LogP contribution in [-0.4, -0.2) is 29.1 Å². The van der Waals surface area contributed by atoms with E-state index >= 15 is 0 Å². The Labute approximate surface area is 197 Å². The number of rotatable bonds is 23. The highest BCUT2D eigenvalue weighted by molar-refractivity contribution is 4.95. The van der Waals surface area contributed by atoms with Crippen molar-refractivity contribution < 1.29 is 0 Å². The summed E-state index contributed by atoms with van der Waals surface area (Å²) in [6.45, 7) is 9.44. The molecule has 0 bridgehead atoms. The minimum atomic E-state index is 0.572. The fourth-order valence-electron chi connectivity index (χ4n) is 4.87. The zero-order valence-electron chi connectivity index (χ0n) is 21.9. The summed E-state index contributed by atoms with van der Waals surface area (Å²) in [5.41, 5.74) is 0. The van der Waals surface area contributed by atoms with Crippen LogP contribution in [0.5, 0.6) is 0 Å². The van der Waals surface area contributed by atoms with Gasteiger partial charge in [0.15, 0.2) is 0 Å². The van der Waals surface area contributed by atoms with E-state index in [0.717, 1.165) is 0 Å². The summed E-state index contributed by atoms with van der Waals surface area (Å²) in [6.07, 6.45) is 35.3. The van der Waals surface area contributed by atoms with E-state index in [0.29, 0.717) is 6.17 Å². The molecule has 0 fully saturated rings. The molecule has 2 heteroatoms. The molecule has 0 saturated heterocycles. The Morgan fingerprint density at radius 2 is 0.677 bits per heavy atom. The molecule has 1 aliphatic rings. The Morgan fingerprint density at radius 1 is 0.419 bits per heavy atom. The van der Waals surface area contributed by atoms with E-state index in [2.05, 4.69) is 43.0 Å². The largest absolute Gasteiger partial charge is 0.356 e. The first-order chi connectivity index (χ1) is 15.3. The van der Waals surface area contributed by atoms with E-state index in [9.17, 15) is 0 Å². The van der Waals surface area contributed by atoms with E-state index in [1.165, 1.54) is 148 Å². The van der Waals surface area contributed by atoms with Crippen molar-refractivity contribution in [3.8, 4) is 0 Å². The van der Waals surface area contributed by atoms with Crippen LogP contribution in [0.1, 0.15) is 156 Å². The lowest BCUT2D eigenvalue weighted by atomic mass is 10.0. The third kappa shape index (κ3) is 15.7. The SMILES string of the molecule is CCCCCCCCCCCCCCCCCCN1C=CN(CCCCCCC)C1C. The monoisotopic (exact) mass is 434 g/mol. The Morgan fingerprint density at radius 3 is 0.968 bits per heavy atom. The van der Waals surface area contributed by atoms with E-state index < -0.39 is 0 Å². The van der Waals surface area contributed by atoms with Crippen LogP contribution in [0, 0.1) is 0 Å². The molecule has 0 aromatic heterocycles. The van der Waals surface area contributed by atoms with Crippen LogP contribution in [0.4, 0.5) is 0 Å². The molecule has 0 saturated carbocycles. The van der Waals surface area contributed by atoms with E-state index in [-0.39, 0.29) is 0 Å². The smallest absolute Gasteiger partial charge is 0.0977 e. The highest BCUT2D eigenvalue weighted by Crippen LogP contribution is 2.18. The van der Waals surface area contributed by atoms with Crippen LogP contribution in [0.3, 0.4) is 0 Å². The van der Waals surface area contributed by atoms with Gasteiger partial charge in [0, 0.05) is 25.5 Å². The Hall–Kier alpha value is -0.660. The first-order valence-electron chi connectivity index (χ1n) is 14.5. The molecule has 1 unspecified atom stereocenters. The van der Waals surface area contributed by atoms with Gasteiger partial charge in [-0.3, -0.25) is 0 Å². The molecule has 0 amide bonds. The van der Waals surface area contributed by atoms with Gasteiger partial charge in [-0.2, -0.15) is 0 Å². The minimum absolute atomic E-state index is 0.572. The highest BCUT2D eigenvalue weighted by atomic mass is 15.4. The predicted molar refractivity (Wildman–Crippen MR) is 140 cm³/mol. The normalized spacial score (nSPS) is 16.0. The van der Waals surface area contributed by atoms with Gasteiger partial charge in [-0.25, -0.2) is 0 Å². The van der Waals surface area contributed by atoms with Crippen LogP contribution in [0.25, 0.3) is 0 Å². The van der Waals surface area contributed by atoms with Crippen LogP contribution < -0.4 is 0 Å². The van der Waals surface area contributed by atoms with Gasteiger partial charge in [-0.1, -0.05) is 136 Å². The van der Waals surface area contributed by atoms with Gasteiger partial charge >= 0.3 is 0 Å². The first-order valence-corrected chi connectivity index (χ1v) is 14.5. The first kappa shape index (κ1) is 28.4. The third-order valence-corrected chi connectivity index (χ3v) is 7.20. The number of unbranched alkanes of at least 4 members (excludes halogenated alkanes) is 19. The zero-order chi connectivity index (χ0) is 22.4. The van der Waals surface area contributed by atoms with Crippen molar-refractivity contribution in [2.24, 2.45) is 0 Å². The molecule has 0 radical (unpaired) electrons. The van der Waals surface area contributed by atoms with Crippen LogP contribution >= 0.6 is 0 Å². The van der Waals surface area contributed by atoms with Gasteiger partial charge in [0.1, 0.15) is 0 Å². The van der Waals surface area contributed by atoms with Crippen LogP contribution in [-0.2, 0) is 0 Å².